The van der Waals surface area contributed by atoms with Gasteiger partial charge in [0.2, 0.25) is 0 Å². The Kier molecular flexibility index (Phi) is 7.35. The molecule has 2 aliphatic rings. The van der Waals surface area contributed by atoms with E-state index in [4.69, 9.17) is 0 Å². The summed E-state index contributed by atoms with van der Waals surface area (Å²) >= 11 is 0. The van der Waals surface area contributed by atoms with Gasteiger partial charge in [-0.2, -0.15) is 0 Å². The molecule has 198 valence electrons. The summed E-state index contributed by atoms with van der Waals surface area (Å²) in [5, 5.41) is 15.9. The van der Waals surface area contributed by atoms with E-state index in [2.05, 4.69) is 10.3 Å². The van der Waals surface area contributed by atoms with Crippen molar-refractivity contribution in [3.63, 3.8) is 0 Å². The van der Waals surface area contributed by atoms with E-state index in [0.29, 0.717) is 37.9 Å². The molecule has 10 heteroatoms. The fourth-order valence-electron chi connectivity index (χ4n) is 5.27. The van der Waals surface area contributed by atoms with Gasteiger partial charge in [0, 0.05) is 21.4 Å². The standard InChI is InChI=1S/C31H22N2O6S.Na/c1-16-12-13-21(23(14-16)40(37,38)39)32-22-15-17(2)28-26-24(19-10-6-7-11-20(19)30(35)25(22)26)27(31(36)33-28)29(34)18-8-4-3-5-9-18;/h3-15,32,34H,1-2H3,(H,37,38,39);/q;+1/p-1. The van der Waals surface area contributed by atoms with Crippen molar-refractivity contribution in [3.8, 4) is 0 Å². The Labute approximate surface area is 256 Å². The molecular formula is C31H21N2NaO6S. The van der Waals surface area contributed by atoms with Crippen LogP contribution >= 0.6 is 0 Å². The van der Waals surface area contributed by atoms with E-state index in [0.717, 1.165) is 0 Å². The van der Waals surface area contributed by atoms with Crippen LogP contribution in [0.3, 0.4) is 0 Å². The van der Waals surface area contributed by atoms with E-state index in [1.165, 1.54) is 12.1 Å². The van der Waals surface area contributed by atoms with Gasteiger partial charge >= 0.3 is 29.6 Å². The molecule has 4 aromatic rings. The number of aryl methyl sites for hydroxylation is 2. The van der Waals surface area contributed by atoms with Gasteiger partial charge in [0.25, 0.3) is 5.56 Å². The van der Waals surface area contributed by atoms with Crippen LogP contribution < -0.4 is 51.1 Å². The van der Waals surface area contributed by atoms with Crippen LogP contribution in [0.1, 0.15) is 16.7 Å². The Balaban J connectivity index is 0.00000337. The average Bonchev–Trinajstić information content (AvgIpc) is 2.93. The molecule has 0 saturated carbocycles. The molecule has 2 N–H and O–H groups in total. The van der Waals surface area contributed by atoms with Crippen molar-refractivity contribution in [3.05, 3.63) is 132 Å². The molecule has 0 fully saturated rings. The molecule has 0 spiro atoms. The van der Waals surface area contributed by atoms with Crippen LogP contribution in [0, 0.1) is 24.3 Å². The van der Waals surface area contributed by atoms with E-state index >= 15 is 0 Å². The first-order valence-electron chi connectivity index (χ1n) is 12.3. The topological polar surface area (TPSA) is 136 Å². The third kappa shape index (κ3) is 4.75. The summed E-state index contributed by atoms with van der Waals surface area (Å²) in [6.45, 7) is 3.38. The Morgan fingerprint density at radius 1 is 0.854 bits per heavy atom. The van der Waals surface area contributed by atoms with Crippen LogP contribution in [-0.2, 0) is 10.1 Å². The summed E-state index contributed by atoms with van der Waals surface area (Å²) in [5.74, 6) is -0.278. The monoisotopic (exact) mass is 572 g/mol. The molecule has 0 aromatic heterocycles. The SMILES string of the molecule is Cc1ccc(Nc2cc(C)c3nc(=O)c(=C(O)c4ccccc4)c4c5ccccc5c(=O)c2c3=4)c(S(=O)(=O)[O-])c1.[Na+]. The molecule has 6 rings (SSSR count). The Hall–Kier alpha value is -3.86. The Morgan fingerprint density at radius 3 is 2.20 bits per heavy atom. The number of fused-ring (bicyclic) bond motifs is 2. The van der Waals surface area contributed by atoms with E-state index in [9.17, 15) is 27.7 Å². The maximum Gasteiger partial charge on any atom is 1.00 e. The maximum atomic E-state index is 14.0. The minimum atomic E-state index is -4.85. The maximum absolute atomic E-state index is 14.0. The van der Waals surface area contributed by atoms with Gasteiger partial charge in [-0.1, -0.05) is 60.7 Å². The third-order valence-electron chi connectivity index (χ3n) is 7.05. The molecule has 0 atom stereocenters. The minimum absolute atomic E-state index is 0. The zero-order valence-electron chi connectivity index (χ0n) is 22.3. The Bertz CT molecular complexity index is 2350. The second-order valence-electron chi connectivity index (χ2n) is 9.67. The van der Waals surface area contributed by atoms with E-state index in [1.807, 2.05) is 0 Å². The third-order valence-corrected chi connectivity index (χ3v) is 7.92. The van der Waals surface area contributed by atoms with Crippen molar-refractivity contribution in [1.82, 2.24) is 4.98 Å². The van der Waals surface area contributed by atoms with Crippen LogP contribution in [0.25, 0.3) is 27.4 Å². The zero-order chi connectivity index (χ0) is 28.3. The molecule has 41 heavy (non-hydrogen) atoms. The quantitative estimate of drug-likeness (QED) is 0.236. The van der Waals surface area contributed by atoms with Crippen molar-refractivity contribution in [2.24, 2.45) is 0 Å². The van der Waals surface area contributed by atoms with Gasteiger partial charge in [0.15, 0.2) is 5.43 Å². The fraction of sp³-hybridized carbons (Fsp3) is 0.0645. The van der Waals surface area contributed by atoms with Gasteiger partial charge in [0.05, 0.1) is 32.4 Å². The summed E-state index contributed by atoms with van der Waals surface area (Å²) in [4.78, 5) is 31.3. The molecule has 0 saturated heterocycles. The van der Waals surface area contributed by atoms with Crippen LogP contribution in [0.5, 0.6) is 0 Å². The summed E-state index contributed by atoms with van der Waals surface area (Å²) in [5.41, 5.74) is 1.03. The number of hydrogen-bond donors (Lipinski definition) is 2. The summed E-state index contributed by atoms with van der Waals surface area (Å²) in [7, 11) is -4.85. The van der Waals surface area contributed by atoms with Crippen molar-refractivity contribution in [1.29, 1.82) is 0 Å². The molecule has 0 bridgehead atoms. The van der Waals surface area contributed by atoms with Gasteiger partial charge in [-0.15, -0.1) is 0 Å². The molecule has 8 nitrogen and oxygen atoms in total. The van der Waals surface area contributed by atoms with E-state index < -0.39 is 20.6 Å². The predicted octanol–water partition coefficient (Wildman–Crippen LogP) is 0.973. The van der Waals surface area contributed by atoms with Crippen molar-refractivity contribution in [2.45, 2.75) is 18.7 Å². The molecular weight excluding hydrogens is 551 g/mol. The molecule has 1 aliphatic carbocycles. The predicted molar refractivity (Wildman–Crippen MR) is 152 cm³/mol. The number of nitrogens with one attached hydrogen (secondary N) is 1. The number of hydrogen-bond acceptors (Lipinski definition) is 8. The summed E-state index contributed by atoms with van der Waals surface area (Å²) < 4.78 is 36.2. The Morgan fingerprint density at radius 2 is 1.51 bits per heavy atom. The smallest absolute Gasteiger partial charge is 0.744 e. The zero-order valence-corrected chi connectivity index (χ0v) is 25.2. The first kappa shape index (κ1) is 28.7. The molecule has 1 heterocycles. The number of anilines is 2. The van der Waals surface area contributed by atoms with E-state index in [1.54, 1.807) is 80.6 Å². The molecule has 0 unspecified atom stereocenters. The van der Waals surface area contributed by atoms with Crippen LogP contribution in [0.15, 0.2) is 93.3 Å². The molecule has 0 radical (unpaired) electrons. The van der Waals surface area contributed by atoms with Crippen molar-refractivity contribution < 1.29 is 47.6 Å². The largest absolute Gasteiger partial charge is 1.00 e. The fourth-order valence-corrected chi connectivity index (χ4v) is 5.99. The van der Waals surface area contributed by atoms with Crippen molar-refractivity contribution in [2.75, 3.05) is 5.32 Å². The molecule has 1 aliphatic heterocycles. The van der Waals surface area contributed by atoms with Gasteiger partial charge in [0.1, 0.15) is 15.9 Å². The van der Waals surface area contributed by atoms with Gasteiger partial charge in [-0.3, -0.25) is 9.59 Å². The number of aromatic nitrogens is 1. The van der Waals surface area contributed by atoms with E-state index in [-0.39, 0.29) is 68.2 Å². The van der Waals surface area contributed by atoms with Crippen LogP contribution in [0.4, 0.5) is 11.4 Å². The molecule has 0 amide bonds. The second kappa shape index (κ2) is 10.5. The first-order chi connectivity index (χ1) is 19.1. The number of aliphatic hydroxyl groups excluding tert-OH is 1. The summed E-state index contributed by atoms with van der Waals surface area (Å²) in [6, 6.07) is 21.3. The van der Waals surface area contributed by atoms with Crippen LogP contribution in [-0.4, -0.2) is 23.1 Å². The van der Waals surface area contributed by atoms with Crippen molar-refractivity contribution >= 4 is 48.9 Å². The van der Waals surface area contributed by atoms with Gasteiger partial charge in [-0.25, -0.2) is 13.4 Å². The first-order valence-corrected chi connectivity index (χ1v) is 13.7. The van der Waals surface area contributed by atoms with Gasteiger partial charge in [-0.05, 0) is 48.6 Å². The number of aliphatic hydroxyl groups is 1. The number of nitrogens with zero attached hydrogens (tertiary/aromatic N) is 1. The normalized spacial score (nSPS) is 12.5. The summed E-state index contributed by atoms with van der Waals surface area (Å²) in [6.07, 6.45) is 0. The minimum Gasteiger partial charge on any atom is -0.744 e. The number of benzene rings is 4. The average molecular weight is 573 g/mol. The van der Waals surface area contributed by atoms with Gasteiger partial charge < -0.3 is 15.0 Å². The second-order valence-corrected chi connectivity index (χ2v) is 11.0. The van der Waals surface area contributed by atoms with Crippen LogP contribution in [0.2, 0.25) is 0 Å². The number of rotatable bonds is 4. The molecule has 4 aromatic carbocycles.